The summed E-state index contributed by atoms with van der Waals surface area (Å²) in [6.45, 7) is 20.3. The Morgan fingerprint density at radius 1 is 1.11 bits per heavy atom. The molecule has 0 radical (unpaired) electrons. The highest BCUT2D eigenvalue weighted by molar-refractivity contribution is 6.54. The van der Waals surface area contributed by atoms with Crippen LogP contribution in [0.25, 0.3) is 0 Å². The van der Waals surface area contributed by atoms with E-state index in [4.69, 9.17) is 14.0 Å². The summed E-state index contributed by atoms with van der Waals surface area (Å²) in [7, 11) is -0.263. The van der Waals surface area contributed by atoms with Crippen LogP contribution in [0.1, 0.15) is 80.6 Å². The molecule has 0 aromatic rings. The Morgan fingerprint density at radius 2 is 1.74 bits per heavy atom. The molecule has 0 saturated carbocycles. The monoisotopic (exact) mass is 376 g/mol. The quantitative estimate of drug-likeness (QED) is 0.227. The number of hydrogen-bond acceptors (Lipinski definition) is 3. The van der Waals surface area contributed by atoms with Crippen LogP contribution in [0.15, 0.2) is 35.9 Å². The number of rotatable bonds is 12. The zero-order valence-corrected chi connectivity index (χ0v) is 18.8. The second-order valence-electron chi connectivity index (χ2n) is 8.85. The zero-order valence-electron chi connectivity index (χ0n) is 18.8. The predicted molar refractivity (Wildman–Crippen MR) is 117 cm³/mol. The van der Waals surface area contributed by atoms with Gasteiger partial charge in [-0.3, -0.25) is 0 Å². The van der Waals surface area contributed by atoms with Crippen molar-refractivity contribution in [2.24, 2.45) is 5.92 Å². The van der Waals surface area contributed by atoms with Crippen molar-refractivity contribution in [2.45, 2.75) is 91.8 Å². The smallest absolute Gasteiger partial charge is 0.400 e. The molecule has 0 aromatic heterocycles. The van der Waals surface area contributed by atoms with Gasteiger partial charge in [-0.05, 0) is 78.6 Å². The van der Waals surface area contributed by atoms with Crippen molar-refractivity contribution in [3.05, 3.63) is 35.9 Å². The van der Waals surface area contributed by atoms with Gasteiger partial charge in [-0.25, -0.2) is 0 Å². The first-order valence-electron chi connectivity index (χ1n) is 10.5. The fourth-order valence-electron chi connectivity index (χ4n) is 3.03. The van der Waals surface area contributed by atoms with Crippen molar-refractivity contribution in [2.75, 3.05) is 13.2 Å². The third kappa shape index (κ3) is 7.97. The molecule has 1 unspecified atom stereocenters. The summed E-state index contributed by atoms with van der Waals surface area (Å²) in [5.41, 5.74) is 1.93. The maximum Gasteiger partial charge on any atom is 0.490 e. The average molecular weight is 376 g/mol. The molecule has 0 N–H and O–H groups in total. The first-order chi connectivity index (χ1) is 12.6. The van der Waals surface area contributed by atoms with Gasteiger partial charge in [-0.1, -0.05) is 37.1 Å². The molecule has 0 aliphatic carbocycles. The molecule has 1 saturated heterocycles. The van der Waals surface area contributed by atoms with E-state index in [-0.39, 0.29) is 18.3 Å². The summed E-state index contributed by atoms with van der Waals surface area (Å²) < 4.78 is 18.3. The Kier molecular flexibility index (Phi) is 10.1. The van der Waals surface area contributed by atoms with Gasteiger partial charge in [-0.2, -0.15) is 0 Å². The van der Waals surface area contributed by atoms with E-state index in [0.717, 1.165) is 38.7 Å². The summed E-state index contributed by atoms with van der Waals surface area (Å²) in [6.07, 6.45) is 11.7. The van der Waals surface area contributed by atoms with Crippen LogP contribution in [-0.4, -0.2) is 31.5 Å². The van der Waals surface area contributed by atoms with Gasteiger partial charge < -0.3 is 14.0 Å². The van der Waals surface area contributed by atoms with Gasteiger partial charge >= 0.3 is 7.12 Å². The third-order valence-electron chi connectivity index (χ3n) is 5.56. The number of unbranched alkanes of at least 4 members (excludes halogenated alkanes) is 1. The molecule has 1 aliphatic rings. The maximum atomic E-state index is 6.31. The van der Waals surface area contributed by atoms with Crippen molar-refractivity contribution in [1.82, 2.24) is 0 Å². The molecule has 3 nitrogen and oxygen atoms in total. The predicted octanol–water partition coefficient (Wildman–Crippen LogP) is 6.30. The van der Waals surface area contributed by atoms with Crippen LogP contribution in [-0.2, 0) is 14.0 Å². The lowest BCUT2D eigenvalue weighted by molar-refractivity contribution is 0.00578. The molecule has 1 atom stereocenters. The van der Waals surface area contributed by atoms with Gasteiger partial charge in [0.15, 0.2) is 0 Å². The van der Waals surface area contributed by atoms with Crippen molar-refractivity contribution < 1.29 is 14.0 Å². The minimum atomic E-state index is -0.307. The van der Waals surface area contributed by atoms with Crippen LogP contribution in [0.4, 0.5) is 0 Å². The summed E-state index contributed by atoms with van der Waals surface area (Å²) >= 11 is 0. The SMILES string of the molecule is C=CC(CCC)C/C(=C\CCCOCC=C(C)C)B1OC(C)(C)C(C)(C)O1. The van der Waals surface area contributed by atoms with Crippen LogP contribution in [0.3, 0.4) is 0 Å². The molecule has 0 aromatic carbocycles. The standard InChI is InChI=1S/C23H41BO3/c1-9-13-20(10-2)18-21(14-11-12-16-25-17-15-19(3)4)24-26-22(5,6)23(7,8)27-24/h10,14-15,20H,2,9,11-13,16-18H2,1,3-8H3/b21-14+. The van der Waals surface area contributed by atoms with Crippen molar-refractivity contribution in [1.29, 1.82) is 0 Å². The van der Waals surface area contributed by atoms with E-state index in [9.17, 15) is 0 Å². The van der Waals surface area contributed by atoms with Crippen LogP contribution in [0, 0.1) is 5.92 Å². The molecule has 4 heteroatoms. The second-order valence-corrected chi connectivity index (χ2v) is 8.85. The molecule has 154 valence electrons. The highest BCUT2D eigenvalue weighted by atomic mass is 16.7. The van der Waals surface area contributed by atoms with Gasteiger partial charge in [0.05, 0.1) is 17.8 Å². The molecule has 1 fully saturated rings. The Bertz CT molecular complexity index is 500. The lowest BCUT2D eigenvalue weighted by Gasteiger charge is -2.32. The average Bonchev–Trinajstić information content (AvgIpc) is 2.79. The molecular formula is C23H41BO3. The van der Waals surface area contributed by atoms with Crippen molar-refractivity contribution >= 4 is 7.12 Å². The fourth-order valence-corrected chi connectivity index (χ4v) is 3.03. The Morgan fingerprint density at radius 3 is 2.26 bits per heavy atom. The Balaban J connectivity index is 2.71. The minimum absolute atomic E-state index is 0.263. The van der Waals surface area contributed by atoms with Gasteiger partial charge in [0, 0.05) is 6.61 Å². The van der Waals surface area contributed by atoms with Crippen LogP contribution < -0.4 is 0 Å². The van der Waals surface area contributed by atoms with Gasteiger partial charge in [0.2, 0.25) is 0 Å². The van der Waals surface area contributed by atoms with E-state index in [2.05, 4.69) is 73.3 Å². The summed E-state index contributed by atoms with van der Waals surface area (Å²) in [5, 5.41) is 0. The lowest BCUT2D eigenvalue weighted by Crippen LogP contribution is -2.41. The summed E-state index contributed by atoms with van der Waals surface area (Å²) in [4.78, 5) is 0. The normalized spacial score (nSPS) is 19.8. The zero-order chi connectivity index (χ0) is 20.5. The molecule has 0 bridgehead atoms. The van der Waals surface area contributed by atoms with Gasteiger partial charge in [0.25, 0.3) is 0 Å². The number of allylic oxidation sites excluding steroid dienone is 4. The molecule has 27 heavy (non-hydrogen) atoms. The Labute approximate surface area is 168 Å². The van der Waals surface area contributed by atoms with E-state index in [1.54, 1.807) is 0 Å². The molecular weight excluding hydrogens is 335 g/mol. The number of hydrogen-bond donors (Lipinski definition) is 0. The van der Waals surface area contributed by atoms with E-state index >= 15 is 0 Å². The first-order valence-corrected chi connectivity index (χ1v) is 10.5. The van der Waals surface area contributed by atoms with Gasteiger partial charge in [-0.15, -0.1) is 6.58 Å². The Hall–Kier alpha value is -0.835. The van der Waals surface area contributed by atoms with E-state index in [1.165, 1.54) is 11.0 Å². The lowest BCUT2D eigenvalue weighted by atomic mass is 9.72. The number of ether oxygens (including phenoxy) is 1. The molecule has 1 rings (SSSR count). The summed E-state index contributed by atoms with van der Waals surface area (Å²) in [6, 6.07) is 0. The van der Waals surface area contributed by atoms with E-state index < -0.39 is 0 Å². The van der Waals surface area contributed by atoms with Crippen molar-refractivity contribution in [3.8, 4) is 0 Å². The molecule has 0 spiro atoms. The van der Waals surface area contributed by atoms with Crippen molar-refractivity contribution in [3.63, 3.8) is 0 Å². The molecule has 1 heterocycles. The fraction of sp³-hybridized carbons (Fsp3) is 0.739. The van der Waals surface area contributed by atoms with Crippen LogP contribution in [0.2, 0.25) is 0 Å². The first kappa shape index (κ1) is 24.2. The highest BCUT2D eigenvalue weighted by Crippen LogP contribution is 2.40. The minimum Gasteiger partial charge on any atom is -0.400 e. The summed E-state index contributed by atoms with van der Waals surface area (Å²) in [5.74, 6) is 0.467. The topological polar surface area (TPSA) is 27.7 Å². The van der Waals surface area contributed by atoms with Gasteiger partial charge in [0.1, 0.15) is 0 Å². The highest BCUT2D eigenvalue weighted by Gasteiger charge is 2.52. The maximum absolute atomic E-state index is 6.31. The third-order valence-corrected chi connectivity index (χ3v) is 5.56. The van der Waals surface area contributed by atoms with E-state index in [0.29, 0.717) is 12.5 Å². The molecule has 0 amide bonds. The van der Waals surface area contributed by atoms with Crippen LogP contribution in [0.5, 0.6) is 0 Å². The second kappa shape index (κ2) is 11.2. The van der Waals surface area contributed by atoms with E-state index in [1.807, 2.05) is 0 Å². The molecule has 1 aliphatic heterocycles. The van der Waals surface area contributed by atoms with Crippen LogP contribution >= 0.6 is 0 Å². The largest absolute Gasteiger partial charge is 0.490 e.